The maximum Gasteiger partial charge on any atom is 0.191 e. The number of hydrogen-bond donors (Lipinski definition) is 3. The molecule has 0 aliphatic heterocycles. The average molecular weight is 529 g/mol. The van der Waals surface area contributed by atoms with Crippen LogP contribution in [0.25, 0.3) is 0 Å². The number of sulfone groups is 1. The van der Waals surface area contributed by atoms with Crippen LogP contribution in [0.15, 0.2) is 23.2 Å². The summed E-state index contributed by atoms with van der Waals surface area (Å²) in [6, 6.07) is 5.12. The summed E-state index contributed by atoms with van der Waals surface area (Å²) in [5, 5.41) is 16.7. The lowest BCUT2D eigenvalue weighted by Gasteiger charge is -2.18. The molecular formula is C18H32IN3O5S. The molecule has 0 bridgehead atoms. The Morgan fingerprint density at radius 3 is 2.25 bits per heavy atom. The fraction of sp³-hybridized carbons (Fsp3) is 0.611. The summed E-state index contributed by atoms with van der Waals surface area (Å²) in [7, 11) is 0.0933. The van der Waals surface area contributed by atoms with Gasteiger partial charge in [-0.2, -0.15) is 0 Å². The second-order valence-corrected chi connectivity index (χ2v) is 8.61. The molecule has 1 aromatic rings. The van der Waals surface area contributed by atoms with E-state index in [9.17, 15) is 13.5 Å². The van der Waals surface area contributed by atoms with Crippen molar-refractivity contribution in [2.45, 2.75) is 32.4 Å². The largest absolute Gasteiger partial charge is 0.497 e. The van der Waals surface area contributed by atoms with E-state index < -0.39 is 15.9 Å². The van der Waals surface area contributed by atoms with Gasteiger partial charge in [0, 0.05) is 24.9 Å². The predicted octanol–water partition coefficient (Wildman–Crippen LogP) is 1.73. The minimum atomic E-state index is -3.01. The highest BCUT2D eigenvalue weighted by molar-refractivity contribution is 14.0. The second-order valence-electron chi connectivity index (χ2n) is 6.35. The Labute approximate surface area is 185 Å². The van der Waals surface area contributed by atoms with Gasteiger partial charge in [0.05, 0.1) is 32.6 Å². The van der Waals surface area contributed by atoms with Gasteiger partial charge in [0.2, 0.25) is 0 Å². The van der Waals surface area contributed by atoms with Crippen LogP contribution in [-0.4, -0.2) is 64.8 Å². The van der Waals surface area contributed by atoms with Gasteiger partial charge in [0.25, 0.3) is 0 Å². The first-order valence-electron chi connectivity index (χ1n) is 8.82. The molecule has 0 saturated heterocycles. The van der Waals surface area contributed by atoms with E-state index in [0.717, 1.165) is 0 Å². The van der Waals surface area contributed by atoms with Crippen LogP contribution in [0, 0.1) is 0 Å². The lowest BCUT2D eigenvalue weighted by molar-refractivity contribution is 0.186. The molecule has 10 heteroatoms. The number of halogens is 1. The molecule has 2 unspecified atom stereocenters. The van der Waals surface area contributed by atoms with E-state index in [1.54, 1.807) is 32.4 Å². The molecule has 1 aromatic carbocycles. The molecule has 0 spiro atoms. The molecule has 2 atom stereocenters. The minimum Gasteiger partial charge on any atom is -0.497 e. The highest BCUT2D eigenvalue weighted by Gasteiger charge is 2.13. The summed E-state index contributed by atoms with van der Waals surface area (Å²) in [6.45, 7) is 4.60. The maximum atomic E-state index is 11.3. The lowest BCUT2D eigenvalue weighted by atomic mass is 10.1. The van der Waals surface area contributed by atoms with E-state index in [2.05, 4.69) is 15.6 Å². The number of rotatable bonds is 10. The van der Waals surface area contributed by atoms with Crippen LogP contribution in [0.1, 0.15) is 31.9 Å². The molecule has 0 radical (unpaired) electrons. The zero-order valence-corrected chi connectivity index (χ0v) is 20.2. The number of guanidine groups is 1. The molecule has 0 fully saturated rings. The van der Waals surface area contributed by atoms with E-state index in [-0.39, 0.29) is 42.3 Å². The Hall–Kier alpha value is -1.27. The van der Waals surface area contributed by atoms with Gasteiger partial charge >= 0.3 is 0 Å². The fourth-order valence-corrected chi connectivity index (χ4v) is 3.10. The van der Waals surface area contributed by atoms with Gasteiger partial charge in [-0.15, -0.1) is 24.0 Å². The van der Waals surface area contributed by atoms with Crippen LogP contribution < -0.4 is 20.1 Å². The van der Waals surface area contributed by atoms with Crippen molar-refractivity contribution in [3.8, 4) is 11.5 Å². The summed E-state index contributed by atoms with van der Waals surface area (Å²) in [5.74, 6) is 1.80. The van der Waals surface area contributed by atoms with E-state index in [1.165, 1.54) is 6.26 Å². The third-order valence-corrected chi connectivity index (χ3v) is 4.81. The highest BCUT2D eigenvalue weighted by Crippen LogP contribution is 2.26. The van der Waals surface area contributed by atoms with Crippen molar-refractivity contribution >= 4 is 39.8 Å². The Balaban J connectivity index is 0.00000729. The topological polar surface area (TPSA) is 109 Å². The molecule has 0 aliphatic rings. The van der Waals surface area contributed by atoms with Gasteiger partial charge in [0.1, 0.15) is 21.3 Å². The number of nitrogens with one attached hydrogen (secondary N) is 2. The molecule has 0 heterocycles. The van der Waals surface area contributed by atoms with Gasteiger partial charge in [-0.1, -0.05) is 0 Å². The van der Waals surface area contributed by atoms with Crippen LogP contribution in [0.4, 0.5) is 0 Å². The van der Waals surface area contributed by atoms with Crippen molar-refractivity contribution in [2.75, 3.05) is 39.3 Å². The van der Waals surface area contributed by atoms with E-state index in [1.807, 2.05) is 13.8 Å². The standard InChI is InChI=1S/C18H31N3O5S.HI/c1-6-19-18(21-13(2)7-8-27(5,23)24)20-12-17(22)14-9-15(25-3)11-16(10-14)26-4;/h9-11,13,17,22H,6-8,12H2,1-5H3,(H2,19,20,21);1H. The summed E-state index contributed by atoms with van der Waals surface area (Å²) in [5.41, 5.74) is 0.635. The Kier molecular flexibility index (Phi) is 12.5. The van der Waals surface area contributed by atoms with E-state index >= 15 is 0 Å². The van der Waals surface area contributed by atoms with Gasteiger partial charge in [-0.3, -0.25) is 4.99 Å². The normalized spacial score (nSPS) is 13.9. The van der Waals surface area contributed by atoms with Crippen LogP contribution in [-0.2, 0) is 9.84 Å². The van der Waals surface area contributed by atoms with Gasteiger partial charge in [-0.05, 0) is 38.0 Å². The average Bonchev–Trinajstić information content (AvgIpc) is 2.63. The third kappa shape index (κ3) is 10.3. The summed E-state index contributed by atoms with van der Waals surface area (Å²) in [6.07, 6.45) is 0.854. The zero-order valence-electron chi connectivity index (χ0n) is 17.1. The molecule has 162 valence electrons. The number of nitrogens with zero attached hydrogens (tertiary/aromatic N) is 1. The first-order valence-corrected chi connectivity index (χ1v) is 10.9. The smallest absolute Gasteiger partial charge is 0.191 e. The lowest BCUT2D eigenvalue weighted by Crippen LogP contribution is -2.43. The molecule has 0 amide bonds. The first-order chi connectivity index (χ1) is 12.7. The van der Waals surface area contributed by atoms with E-state index in [4.69, 9.17) is 9.47 Å². The van der Waals surface area contributed by atoms with Crippen LogP contribution in [0.2, 0.25) is 0 Å². The summed E-state index contributed by atoms with van der Waals surface area (Å²) >= 11 is 0. The minimum absolute atomic E-state index is 0. The molecule has 0 aromatic heterocycles. The van der Waals surface area contributed by atoms with Crippen LogP contribution in [0.5, 0.6) is 11.5 Å². The zero-order chi connectivity index (χ0) is 20.4. The number of benzene rings is 1. The predicted molar refractivity (Wildman–Crippen MR) is 123 cm³/mol. The SMILES string of the molecule is CCNC(=NCC(O)c1cc(OC)cc(OC)c1)NC(C)CCS(C)(=O)=O.I. The Bertz CT molecular complexity index is 706. The monoisotopic (exact) mass is 529 g/mol. The van der Waals surface area contributed by atoms with Crippen LogP contribution in [0.3, 0.4) is 0 Å². The molecule has 8 nitrogen and oxygen atoms in total. The Morgan fingerprint density at radius 2 is 1.79 bits per heavy atom. The number of aliphatic imine (C=N–C) groups is 1. The quantitative estimate of drug-likeness (QED) is 0.241. The van der Waals surface area contributed by atoms with E-state index in [0.29, 0.717) is 36.0 Å². The van der Waals surface area contributed by atoms with Crippen molar-refractivity contribution in [1.82, 2.24) is 10.6 Å². The summed E-state index contributed by atoms with van der Waals surface area (Å²) in [4.78, 5) is 4.40. The van der Waals surface area contributed by atoms with Crippen LogP contribution >= 0.6 is 24.0 Å². The van der Waals surface area contributed by atoms with Gasteiger partial charge in [-0.25, -0.2) is 8.42 Å². The number of aliphatic hydroxyl groups excluding tert-OH is 1. The van der Waals surface area contributed by atoms with Crippen molar-refractivity contribution < 1.29 is 23.0 Å². The van der Waals surface area contributed by atoms with Crippen molar-refractivity contribution in [2.24, 2.45) is 4.99 Å². The molecular weight excluding hydrogens is 497 g/mol. The highest BCUT2D eigenvalue weighted by atomic mass is 127. The maximum absolute atomic E-state index is 11.3. The van der Waals surface area contributed by atoms with Crippen molar-refractivity contribution in [1.29, 1.82) is 0 Å². The molecule has 0 aliphatic carbocycles. The number of ether oxygens (including phenoxy) is 2. The molecule has 1 rings (SSSR count). The fourth-order valence-electron chi connectivity index (χ4n) is 2.32. The molecule has 0 saturated carbocycles. The molecule has 3 N–H and O–H groups in total. The van der Waals surface area contributed by atoms with Gasteiger partial charge < -0.3 is 25.2 Å². The number of methoxy groups -OCH3 is 2. The number of aliphatic hydroxyl groups is 1. The molecule has 28 heavy (non-hydrogen) atoms. The van der Waals surface area contributed by atoms with Gasteiger partial charge in [0.15, 0.2) is 5.96 Å². The van der Waals surface area contributed by atoms with Crippen molar-refractivity contribution in [3.05, 3.63) is 23.8 Å². The second kappa shape index (κ2) is 13.0. The van der Waals surface area contributed by atoms with Crippen molar-refractivity contribution in [3.63, 3.8) is 0 Å². The Morgan fingerprint density at radius 1 is 1.21 bits per heavy atom. The third-order valence-electron chi connectivity index (χ3n) is 3.83. The number of hydrogen-bond acceptors (Lipinski definition) is 6. The first kappa shape index (κ1) is 26.7. The summed E-state index contributed by atoms with van der Waals surface area (Å²) < 4.78 is 33.0.